The first kappa shape index (κ1) is 19.4. The van der Waals surface area contributed by atoms with Gasteiger partial charge in [0.1, 0.15) is 5.82 Å². The molecule has 1 aliphatic rings. The van der Waals surface area contributed by atoms with E-state index in [1.54, 1.807) is 6.07 Å². The van der Waals surface area contributed by atoms with E-state index < -0.39 is 0 Å². The monoisotopic (exact) mass is 319 g/mol. The van der Waals surface area contributed by atoms with Crippen LogP contribution in [-0.2, 0) is 0 Å². The fraction of sp³-hybridized carbons (Fsp3) is 0.526. The van der Waals surface area contributed by atoms with E-state index in [1.165, 1.54) is 12.1 Å². The van der Waals surface area contributed by atoms with Crippen LogP contribution in [0.15, 0.2) is 30.3 Å². The van der Waals surface area contributed by atoms with E-state index in [0.29, 0.717) is 12.0 Å². The second kappa shape index (κ2) is 10.2. The lowest BCUT2D eigenvalue weighted by molar-refractivity contribution is 0.390. The Labute approximate surface area is 139 Å². The number of hydrogen-bond acceptors (Lipinski definition) is 2. The average molecular weight is 319 g/mol. The lowest BCUT2D eigenvalue weighted by Crippen LogP contribution is -2.25. The third-order valence-corrected chi connectivity index (χ3v) is 3.93. The number of hydrogen-bond donors (Lipinski definition) is 2. The fourth-order valence-electron chi connectivity index (χ4n) is 2.77. The second-order valence-corrected chi connectivity index (χ2v) is 5.33. The third-order valence-electron chi connectivity index (χ3n) is 3.93. The summed E-state index contributed by atoms with van der Waals surface area (Å²) in [5.41, 5.74) is 8.69. The summed E-state index contributed by atoms with van der Waals surface area (Å²) in [7, 11) is 0. The van der Waals surface area contributed by atoms with Gasteiger partial charge >= 0.3 is 0 Å². The summed E-state index contributed by atoms with van der Waals surface area (Å²) in [6, 6.07) is 8.92. The first-order chi connectivity index (χ1) is 11.2. The molecule has 23 heavy (non-hydrogen) atoms. The van der Waals surface area contributed by atoms with Crippen molar-refractivity contribution in [2.24, 2.45) is 5.73 Å². The van der Waals surface area contributed by atoms with Crippen molar-refractivity contribution in [2.75, 3.05) is 0 Å². The summed E-state index contributed by atoms with van der Waals surface area (Å²) in [5, 5.41) is 7.39. The van der Waals surface area contributed by atoms with Crippen molar-refractivity contribution < 1.29 is 4.39 Å². The maximum absolute atomic E-state index is 13.2. The highest BCUT2D eigenvalue weighted by atomic mass is 19.1. The summed E-state index contributed by atoms with van der Waals surface area (Å²) in [6.07, 6.45) is 4.34. The summed E-state index contributed by atoms with van der Waals surface area (Å²) >= 11 is 0. The molecule has 0 amide bonds. The number of halogens is 1. The molecule has 0 unspecified atom stereocenters. The maximum atomic E-state index is 13.2. The molecule has 0 atom stereocenters. The standard InChI is InChI=1S/C15H18FN3.2C2H6/c16-12-3-1-2-11(8-12)15-9-14(18-19-15)10-4-6-13(17)7-5-10;2*1-2/h1-3,8-10,13H,4-7,17H2,(H,18,19);2*1-2H3. The van der Waals surface area contributed by atoms with Gasteiger partial charge in [-0.05, 0) is 43.9 Å². The van der Waals surface area contributed by atoms with Crippen LogP contribution in [0.25, 0.3) is 11.3 Å². The molecule has 0 spiro atoms. The molecule has 3 N–H and O–H groups in total. The number of benzene rings is 1. The molecule has 1 aromatic carbocycles. The SMILES string of the molecule is CC.CC.NC1CCC(c2cc(-c3cccc(F)c3)n[nH]2)CC1. The summed E-state index contributed by atoms with van der Waals surface area (Å²) in [6.45, 7) is 8.00. The minimum absolute atomic E-state index is 0.231. The van der Waals surface area contributed by atoms with Crippen molar-refractivity contribution in [2.45, 2.75) is 65.3 Å². The Bertz CT molecular complexity index is 557. The van der Waals surface area contributed by atoms with E-state index in [-0.39, 0.29) is 5.82 Å². The Morgan fingerprint density at radius 1 is 1.04 bits per heavy atom. The van der Waals surface area contributed by atoms with E-state index in [9.17, 15) is 4.39 Å². The zero-order chi connectivity index (χ0) is 17.2. The minimum atomic E-state index is -0.231. The Morgan fingerprint density at radius 2 is 1.70 bits per heavy atom. The maximum Gasteiger partial charge on any atom is 0.123 e. The molecule has 1 fully saturated rings. The van der Waals surface area contributed by atoms with Gasteiger partial charge in [-0.15, -0.1) is 0 Å². The van der Waals surface area contributed by atoms with Crippen LogP contribution in [0.1, 0.15) is 65.0 Å². The summed E-state index contributed by atoms with van der Waals surface area (Å²) in [4.78, 5) is 0. The van der Waals surface area contributed by atoms with Gasteiger partial charge < -0.3 is 5.73 Å². The number of nitrogens with zero attached hydrogens (tertiary/aromatic N) is 1. The Hall–Kier alpha value is -1.68. The molecule has 0 saturated heterocycles. The van der Waals surface area contributed by atoms with Gasteiger partial charge in [0, 0.05) is 23.2 Å². The van der Waals surface area contributed by atoms with Crippen LogP contribution in [0, 0.1) is 5.82 Å². The van der Waals surface area contributed by atoms with Crippen molar-refractivity contribution in [1.82, 2.24) is 10.2 Å². The molecule has 128 valence electrons. The van der Waals surface area contributed by atoms with Gasteiger partial charge in [-0.25, -0.2) is 4.39 Å². The topological polar surface area (TPSA) is 54.7 Å². The van der Waals surface area contributed by atoms with Crippen molar-refractivity contribution in [3.63, 3.8) is 0 Å². The summed E-state index contributed by atoms with van der Waals surface area (Å²) in [5.74, 6) is 0.278. The molecule has 1 aliphatic carbocycles. The Balaban J connectivity index is 0.000000615. The predicted molar refractivity (Wildman–Crippen MR) is 95.9 cm³/mol. The molecular formula is C19H30FN3. The van der Waals surface area contributed by atoms with Crippen LogP contribution < -0.4 is 5.73 Å². The number of H-pyrrole nitrogens is 1. The molecule has 0 bridgehead atoms. The lowest BCUT2D eigenvalue weighted by Gasteiger charge is -2.24. The molecule has 3 rings (SSSR count). The van der Waals surface area contributed by atoms with Crippen molar-refractivity contribution in [3.8, 4) is 11.3 Å². The zero-order valence-corrected chi connectivity index (χ0v) is 14.8. The number of rotatable bonds is 2. The van der Waals surface area contributed by atoms with Crippen LogP contribution in [0.2, 0.25) is 0 Å². The lowest BCUT2D eigenvalue weighted by atomic mass is 9.84. The van der Waals surface area contributed by atoms with Crippen LogP contribution >= 0.6 is 0 Å². The van der Waals surface area contributed by atoms with Crippen LogP contribution in [0.4, 0.5) is 4.39 Å². The molecule has 1 saturated carbocycles. The average Bonchev–Trinajstić information content (AvgIpc) is 3.09. The van der Waals surface area contributed by atoms with Crippen LogP contribution in [-0.4, -0.2) is 16.2 Å². The number of nitrogens with one attached hydrogen (secondary N) is 1. The highest BCUT2D eigenvalue weighted by molar-refractivity contribution is 5.59. The van der Waals surface area contributed by atoms with Crippen molar-refractivity contribution in [1.29, 1.82) is 0 Å². The second-order valence-electron chi connectivity index (χ2n) is 5.33. The van der Waals surface area contributed by atoms with Crippen molar-refractivity contribution >= 4 is 0 Å². The first-order valence-corrected chi connectivity index (χ1v) is 8.79. The molecule has 4 heteroatoms. The smallest absolute Gasteiger partial charge is 0.123 e. The number of aromatic amines is 1. The van der Waals surface area contributed by atoms with Gasteiger partial charge in [-0.1, -0.05) is 39.8 Å². The van der Waals surface area contributed by atoms with E-state index in [1.807, 2.05) is 39.8 Å². The van der Waals surface area contributed by atoms with E-state index in [0.717, 1.165) is 42.6 Å². The molecule has 2 aromatic rings. The zero-order valence-electron chi connectivity index (χ0n) is 14.8. The van der Waals surface area contributed by atoms with Crippen LogP contribution in [0.5, 0.6) is 0 Å². The molecule has 3 nitrogen and oxygen atoms in total. The van der Waals surface area contributed by atoms with E-state index in [4.69, 9.17) is 5.73 Å². The molecule has 1 heterocycles. The summed E-state index contributed by atoms with van der Waals surface area (Å²) < 4.78 is 13.2. The third kappa shape index (κ3) is 5.47. The highest BCUT2D eigenvalue weighted by Gasteiger charge is 2.21. The van der Waals surface area contributed by atoms with Gasteiger partial charge in [0.05, 0.1) is 5.69 Å². The molecule has 0 aliphatic heterocycles. The molecule has 0 radical (unpaired) electrons. The first-order valence-electron chi connectivity index (χ1n) is 8.79. The Morgan fingerprint density at radius 3 is 2.30 bits per heavy atom. The van der Waals surface area contributed by atoms with Gasteiger partial charge in [0.15, 0.2) is 0 Å². The van der Waals surface area contributed by atoms with Gasteiger partial charge in [-0.3, -0.25) is 5.10 Å². The van der Waals surface area contributed by atoms with Gasteiger partial charge in [0.25, 0.3) is 0 Å². The van der Waals surface area contributed by atoms with Crippen molar-refractivity contribution in [3.05, 3.63) is 41.8 Å². The quantitative estimate of drug-likeness (QED) is 0.794. The molecule has 1 aromatic heterocycles. The normalized spacial score (nSPS) is 19.9. The van der Waals surface area contributed by atoms with E-state index >= 15 is 0 Å². The van der Waals surface area contributed by atoms with Gasteiger partial charge in [-0.2, -0.15) is 5.10 Å². The minimum Gasteiger partial charge on any atom is -0.328 e. The number of nitrogens with two attached hydrogens (primary N) is 1. The van der Waals surface area contributed by atoms with E-state index in [2.05, 4.69) is 10.2 Å². The largest absolute Gasteiger partial charge is 0.328 e. The fourth-order valence-corrected chi connectivity index (χ4v) is 2.77. The van der Waals surface area contributed by atoms with Crippen LogP contribution in [0.3, 0.4) is 0 Å². The predicted octanol–water partition coefficient (Wildman–Crippen LogP) is 5.25. The van der Waals surface area contributed by atoms with Gasteiger partial charge in [0.2, 0.25) is 0 Å². The Kier molecular flexibility index (Phi) is 8.56. The molecular weight excluding hydrogens is 289 g/mol. The highest BCUT2D eigenvalue weighted by Crippen LogP contribution is 2.32. The number of aromatic nitrogens is 2.